The Morgan fingerprint density at radius 2 is 1.61 bits per heavy atom. The summed E-state index contributed by atoms with van der Waals surface area (Å²) >= 11 is 0. The molecule has 2 amide bonds. The second-order valence-electron chi connectivity index (χ2n) is 10.7. The number of hydrogen-bond donors (Lipinski definition) is 2. The molecule has 2 aromatic rings. The molecule has 0 unspecified atom stereocenters. The molecule has 36 heavy (non-hydrogen) atoms. The van der Waals surface area contributed by atoms with Crippen LogP contribution in [0, 0.1) is 23.0 Å². The molecule has 2 N–H and O–H groups in total. The number of hydrogen-bond acceptors (Lipinski definition) is 4. The first-order valence-electron chi connectivity index (χ1n) is 12.2. The predicted octanol–water partition coefficient (Wildman–Crippen LogP) is 5.49. The van der Waals surface area contributed by atoms with E-state index in [1.807, 2.05) is 20.8 Å². The number of benzene rings is 2. The van der Waals surface area contributed by atoms with Gasteiger partial charge in [0.05, 0.1) is 10.6 Å². The molecule has 1 atom stereocenters. The van der Waals surface area contributed by atoms with Gasteiger partial charge in [0.1, 0.15) is 6.04 Å². The normalized spacial score (nSPS) is 15.8. The molecule has 0 bridgehead atoms. The average molecular weight is 521 g/mol. The third kappa shape index (κ3) is 7.85. The summed E-state index contributed by atoms with van der Waals surface area (Å²) < 4.78 is 52.2. The van der Waals surface area contributed by atoms with Gasteiger partial charge in [0.15, 0.2) is 21.5 Å². The third-order valence-corrected chi connectivity index (χ3v) is 8.44. The molecule has 0 spiro atoms. The van der Waals surface area contributed by atoms with Crippen LogP contribution in [0.3, 0.4) is 0 Å². The Bertz CT molecular complexity index is 1190. The topological polar surface area (TPSA) is 92.3 Å². The lowest BCUT2D eigenvalue weighted by Crippen LogP contribution is -2.45. The summed E-state index contributed by atoms with van der Waals surface area (Å²) in [7, 11) is -3.48. The molecule has 1 saturated carbocycles. The van der Waals surface area contributed by atoms with E-state index >= 15 is 0 Å². The zero-order chi connectivity index (χ0) is 26.5. The lowest BCUT2D eigenvalue weighted by Gasteiger charge is -2.26. The van der Waals surface area contributed by atoms with Gasteiger partial charge in [-0.1, -0.05) is 52.9 Å². The minimum Gasteiger partial charge on any atom is -0.340 e. The highest BCUT2D eigenvalue weighted by Crippen LogP contribution is 2.28. The molecule has 0 radical (unpaired) electrons. The standard InChI is InChI=1S/C27H34F2N2O4S/c1-27(2,3)17-36(34,35)21-12-10-20(11-13-21)30-26(33)24(15-18-7-5-4-6-8-18)31-25(32)19-9-14-22(28)23(29)16-19/h9-14,16,18,24H,4-8,15,17H2,1-3H3,(H,30,33)(H,31,32)/t24-/m0/s1. The van der Waals surface area contributed by atoms with Crippen LogP contribution in [0.4, 0.5) is 14.5 Å². The van der Waals surface area contributed by atoms with Gasteiger partial charge in [0, 0.05) is 11.3 Å². The first kappa shape index (κ1) is 27.8. The van der Waals surface area contributed by atoms with Crippen molar-refractivity contribution < 1.29 is 26.8 Å². The van der Waals surface area contributed by atoms with Gasteiger partial charge < -0.3 is 10.6 Å². The van der Waals surface area contributed by atoms with Crippen molar-refractivity contribution in [2.45, 2.75) is 70.2 Å². The highest BCUT2D eigenvalue weighted by atomic mass is 32.2. The molecule has 196 valence electrons. The van der Waals surface area contributed by atoms with E-state index < -0.39 is 44.7 Å². The number of amides is 2. The molecule has 0 heterocycles. The highest BCUT2D eigenvalue weighted by molar-refractivity contribution is 7.91. The van der Waals surface area contributed by atoms with Crippen molar-refractivity contribution in [3.05, 3.63) is 59.7 Å². The number of carbonyl (C=O) groups excluding carboxylic acids is 2. The molecule has 0 saturated heterocycles. The van der Waals surface area contributed by atoms with Crippen LogP contribution in [0.1, 0.15) is 69.7 Å². The Balaban J connectivity index is 1.74. The fourth-order valence-electron chi connectivity index (χ4n) is 4.50. The van der Waals surface area contributed by atoms with Crippen molar-refractivity contribution in [1.29, 1.82) is 0 Å². The minimum absolute atomic E-state index is 0.00875. The monoisotopic (exact) mass is 520 g/mol. The Hall–Kier alpha value is -2.81. The van der Waals surface area contributed by atoms with Gasteiger partial charge in [-0.2, -0.15) is 0 Å². The quantitative estimate of drug-likeness (QED) is 0.481. The van der Waals surface area contributed by atoms with E-state index in [1.54, 1.807) is 0 Å². The Morgan fingerprint density at radius 1 is 0.972 bits per heavy atom. The fourth-order valence-corrected chi connectivity index (χ4v) is 6.35. The first-order valence-corrected chi connectivity index (χ1v) is 13.9. The Labute approximate surface area is 211 Å². The molecule has 6 nitrogen and oxygen atoms in total. The van der Waals surface area contributed by atoms with E-state index in [4.69, 9.17) is 0 Å². The zero-order valence-corrected chi connectivity index (χ0v) is 21.8. The average Bonchev–Trinajstić information content (AvgIpc) is 2.80. The molecule has 9 heteroatoms. The van der Waals surface area contributed by atoms with E-state index in [1.165, 1.54) is 30.3 Å². The molecule has 1 aliphatic rings. The number of anilines is 1. The molecule has 0 aliphatic heterocycles. The van der Waals surface area contributed by atoms with E-state index in [0.717, 1.165) is 44.2 Å². The number of nitrogens with one attached hydrogen (secondary N) is 2. The lowest BCUT2D eigenvalue weighted by molar-refractivity contribution is -0.118. The van der Waals surface area contributed by atoms with Crippen molar-refractivity contribution in [3.63, 3.8) is 0 Å². The predicted molar refractivity (Wildman–Crippen MR) is 135 cm³/mol. The summed E-state index contributed by atoms with van der Waals surface area (Å²) in [5.41, 5.74) is -0.0850. The minimum atomic E-state index is -3.48. The molecule has 1 aliphatic carbocycles. The SMILES string of the molecule is CC(C)(C)CS(=O)(=O)c1ccc(NC(=O)[C@H](CC2CCCCC2)NC(=O)c2ccc(F)c(F)c2)cc1. The van der Waals surface area contributed by atoms with Gasteiger partial charge in [0.2, 0.25) is 5.91 Å². The zero-order valence-electron chi connectivity index (χ0n) is 20.9. The summed E-state index contributed by atoms with van der Waals surface area (Å²) in [5.74, 6) is -3.08. The summed E-state index contributed by atoms with van der Waals surface area (Å²) in [6.45, 7) is 5.54. The fraction of sp³-hybridized carbons (Fsp3) is 0.481. The van der Waals surface area contributed by atoms with Gasteiger partial charge in [0.25, 0.3) is 5.91 Å². The maximum absolute atomic E-state index is 13.6. The second-order valence-corrected chi connectivity index (χ2v) is 12.7. The maximum atomic E-state index is 13.6. The van der Waals surface area contributed by atoms with Gasteiger partial charge in [-0.25, -0.2) is 17.2 Å². The lowest BCUT2D eigenvalue weighted by atomic mass is 9.84. The highest BCUT2D eigenvalue weighted by Gasteiger charge is 2.27. The second kappa shape index (κ2) is 11.5. The van der Waals surface area contributed by atoms with E-state index in [-0.39, 0.29) is 22.1 Å². The van der Waals surface area contributed by atoms with Crippen molar-refractivity contribution in [2.75, 3.05) is 11.1 Å². The first-order chi connectivity index (χ1) is 16.8. The number of sulfone groups is 1. The van der Waals surface area contributed by atoms with E-state index in [0.29, 0.717) is 12.1 Å². The number of rotatable bonds is 8. The molecule has 0 aromatic heterocycles. The Kier molecular flexibility index (Phi) is 8.87. The molecule has 3 rings (SSSR count). The third-order valence-electron chi connectivity index (χ3n) is 6.20. The molecular formula is C27H34F2N2O4S. The van der Waals surface area contributed by atoms with Crippen LogP contribution in [-0.2, 0) is 14.6 Å². The van der Waals surface area contributed by atoms with Crippen molar-refractivity contribution in [3.8, 4) is 0 Å². The van der Waals surface area contributed by atoms with Gasteiger partial charge in [-0.05, 0) is 60.2 Å². The van der Waals surface area contributed by atoms with Gasteiger partial charge >= 0.3 is 0 Å². The number of halogens is 2. The van der Waals surface area contributed by atoms with Crippen molar-refractivity contribution >= 4 is 27.3 Å². The summed E-state index contributed by atoms with van der Waals surface area (Å²) in [6, 6.07) is 7.88. The molecular weight excluding hydrogens is 486 g/mol. The van der Waals surface area contributed by atoms with E-state index in [9.17, 15) is 26.8 Å². The van der Waals surface area contributed by atoms with Crippen LogP contribution >= 0.6 is 0 Å². The largest absolute Gasteiger partial charge is 0.340 e. The Morgan fingerprint density at radius 3 is 2.19 bits per heavy atom. The van der Waals surface area contributed by atoms with Crippen molar-refractivity contribution in [1.82, 2.24) is 5.32 Å². The smallest absolute Gasteiger partial charge is 0.252 e. The van der Waals surface area contributed by atoms with Crippen LogP contribution in [0.25, 0.3) is 0 Å². The van der Waals surface area contributed by atoms with Crippen LogP contribution in [-0.4, -0.2) is 32.0 Å². The summed E-state index contributed by atoms with van der Waals surface area (Å²) in [5, 5.41) is 5.43. The van der Waals surface area contributed by atoms with Crippen LogP contribution < -0.4 is 10.6 Å². The summed E-state index contributed by atoms with van der Waals surface area (Å²) in [6.07, 6.45) is 5.57. The van der Waals surface area contributed by atoms with Gasteiger partial charge in [-0.3, -0.25) is 9.59 Å². The van der Waals surface area contributed by atoms with Crippen LogP contribution in [0.2, 0.25) is 0 Å². The van der Waals surface area contributed by atoms with Gasteiger partial charge in [-0.15, -0.1) is 0 Å². The maximum Gasteiger partial charge on any atom is 0.252 e. The summed E-state index contributed by atoms with van der Waals surface area (Å²) in [4.78, 5) is 26.1. The molecule has 1 fully saturated rings. The van der Waals surface area contributed by atoms with Crippen LogP contribution in [0.5, 0.6) is 0 Å². The van der Waals surface area contributed by atoms with E-state index in [2.05, 4.69) is 10.6 Å². The van der Waals surface area contributed by atoms with Crippen molar-refractivity contribution in [2.24, 2.45) is 11.3 Å². The number of carbonyl (C=O) groups is 2. The van der Waals surface area contributed by atoms with Crippen LogP contribution in [0.15, 0.2) is 47.4 Å². The molecule has 2 aromatic carbocycles.